The molecule has 1 saturated heterocycles. The van der Waals surface area contributed by atoms with E-state index in [9.17, 15) is 4.79 Å². The lowest BCUT2D eigenvalue weighted by Crippen LogP contribution is -2.30. The predicted octanol–water partition coefficient (Wildman–Crippen LogP) is 4.05. The molecule has 22 heavy (non-hydrogen) atoms. The first kappa shape index (κ1) is 15.5. The molecule has 1 aromatic heterocycles. The number of nitrogens with one attached hydrogen (secondary N) is 2. The molecule has 4 nitrogen and oxygen atoms in total. The number of carbonyl (C=O) groups excluding carboxylic acids is 1. The fourth-order valence-electron chi connectivity index (χ4n) is 2.09. The van der Waals surface area contributed by atoms with Gasteiger partial charge in [0.15, 0.2) is 9.26 Å². The van der Waals surface area contributed by atoms with Crippen molar-refractivity contribution in [2.24, 2.45) is 0 Å². The van der Waals surface area contributed by atoms with Crippen molar-refractivity contribution in [2.45, 2.75) is 18.8 Å². The van der Waals surface area contributed by atoms with Crippen LogP contribution in [0, 0.1) is 3.77 Å². The number of rotatable bonds is 4. The molecule has 1 aliphatic heterocycles. The van der Waals surface area contributed by atoms with Gasteiger partial charge in [0.2, 0.25) is 0 Å². The Balaban J connectivity index is 1.67. The van der Waals surface area contributed by atoms with Gasteiger partial charge >= 0.3 is 0 Å². The normalized spacial score (nSPS) is 19.5. The van der Waals surface area contributed by atoms with E-state index in [1.807, 2.05) is 24.3 Å². The molecule has 1 fully saturated rings. The maximum Gasteiger partial charge on any atom is 0.260 e. The van der Waals surface area contributed by atoms with Crippen LogP contribution in [-0.4, -0.2) is 11.4 Å². The van der Waals surface area contributed by atoms with Crippen molar-refractivity contribution in [3.05, 3.63) is 56.4 Å². The zero-order chi connectivity index (χ0) is 15.5. The van der Waals surface area contributed by atoms with Crippen LogP contribution < -0.4 is 10.6 Å². The summed E-state index contributed by atoms with van der Waals surface area (Å²) in [6, 6.07) is 12.0. The molecule has 6 heteroatoms. The number of thioether (sulfide) groups is 1. The third-order valence-corrected chi connectivity index (χ3v) is 4.87. The van der Waals surface area contributed by atoms with Crippen molar-refractivity contribution < 1.29 is 9.21 Å². The van der Waals surface area contributed by atoms with Crippen molar-refractivity contribution >= 4 is 52.0 Å². The molecule has 0 spiro atoms. The second-order valence-electron chi connectivity index (χ2n) is 4.82. The minimum Gasteiger partial charge on any atom is -0.451 e. The van der Waals surface area contributed by atoms with Crippen LogP contribution in [0.1, 0.15) is 18.2 Å². The highest BCUT2D eigenvalue weighted by atomic mass is 127. The molecular weight excluding hydrogens is 411 g/mol. The molecule has 1 aromatic carbocycles. The van der Waals surface area contributed by atoms with Gasteiger partial charge in [0.25, 0.3) is 5.91 Å². The lowest BCUT2D eigenvalue weighted by Gasteiger charge is -2.12. The summed E-state index contributed by atoms with van der Waals surface area (Å²) >= 11 is 3.56. The Kier molecular flexibility index (Phi) is 4.77. The molecule has 1 aliphatic rings. The van der Waals surface area contributed by atoms with Gasteiger partial charge in [-0.2, -0.15) is 0 Å². The molecule has 2 heterocycles. The van der Waals surface area contributed by atoms with Crippen LogP contribution in [0.5, 0.6) is 0 Å². The number of aryl methyl sites for hydroxylation is 1. The van der Waals surface area contributed by atoms with Crippen LogP contribution in [-0.2, 0) is 11.2 Å². The topological polar surface area (TPSA) is 54.3 Å². The molecule has 114 valence electrons. The maximum atomic E-state index is 12.0. The summed E-state index contributed by atoms with van der Waals surface area (Å²) in [5.41, 5.74) is 2.12. The predicted molar refractivity (Wildman–Crippen MR) is 98.4 cm³/mol. The summed E-state index contributed by atoms with van der Waals surface area (Å²) in [7, 11) is 0. The largest absolute Gasteiger partial charge is 0.451 e. The number of benzene rings is 1. The highest BCUT2D eigenvalue weighted by Crippen LogP contribution is 2.30. The summed E-state index contributed by atoms with van der Waals surface area (Å²) in [5, 5.41) is 6.21. The van der Waals surface area contributed by atoms with E-state index in [0.717, 1.165) is 15.9 Å². The van der Waals surface area contributed by atoms with E-state index in [2.05, 4.69) is 52.3 Å². The maximum absolute atomic E-state index is 12.0. The second-order valence-corrected chi connectivity index (χ2v) is 7.03. The van der Waals surface area contributed by atoms with Crippen LogP contribution in [0.4, 0.5) is 5.69 Å². The summed E-state index contributed by atoms with van der Waals surface area (Å²) in [5.74, 6) is 0.606. The smallest absolute Gasteiger partial charge is 0.260 e. The Morgan fingerprint density at radius 1 is 1.32 bits per heavy atom. The highest BCUT2D eigenvalue weighted by Gasteiger charge is 2.27. The lowest BCUT2D eigenvalue weighted by atomic mass is 10.1. The van der Waals surface area contributed by atoms with Crippen molar-refractivity contribution in [2.75, 3.05) is 5.32 Å². The molecule has 0 bridgehead atoms. The van der Waals surface area contributed by atoms with Crippen molar-refractivity contribution in [3.8, 4) is 0 Å². The first-order chi connectivity index (χ1) is 10.6. The van der Waals surface area contributed by atoms with E-state index in [4.69, 9.17) is 4.42 Å². The summed E-state index contributed by atoms with van der Waals surface area (Å²) in [6.45, 7) is 2.13. The zero-order valence-electron chi connectivity index (χ0n) is 11.9. The molecule has 0 unspecified atom stereocenters. The molecule has 2 aromatic rings. The van der Waals surface area contributed by atoms with Crippen LogP contribution in [0.3, 0.4) is 0 Å². The molecule has 0 radical (unpaired) electrons. The second kappa shape index (κ2) is 6.78. The number of hydrogen-bond acceptors (Lipinski definition) is 4. The SMILES string of the molecule is CCc1ccc(N[C@H]2NC(=O)/C(=C/c3ccc(I)o3)S2)cc1. The highest BCUT2D eigenvalue weighted by molar-refractivity contribution is 14.1. The monoisotopic (exact) mass is 426 g/mol. The Morgan fingerprint density at radius 3 is 2.73 bits per heavy atom. The molecule has 0 saturated carbocycles. The fourth-order valence-corrected chi connectivity index (χ4v) is 3.49. The minimum atomic E-state index is -0.166. The average molecular weight is 426 g/mol. The molecule has 3 rings (SSSR count). The van der Waals surface area contributed by atoms with Crippen molar-refractivity contribution in [3.63, 3.8) is 0 Å². The van der Waals surface area contributed by atoms with Gasteiger partial charge in [-0.3, -0.25) is 4.79 Å². The summed E-state index contributed by atoms with van der Waals surface area (Å²) in [6.07, 6.45) is 2.79. The fraction of sp³-hybridized carbons (Fsp3) is 0.188. The van der Waals surface area contributed by atoms with E-state index in [1.165, 1.54) is 17.3 Å². The van der Waals surface area contributed by atoms with Crippen LogP contribution in [0.15, 0.2) is 45.7 Å². The quantitative estimate of drug-likeness (QED) is 0.573. The van der Waals surface area contributed by atoms with Crippen LogP contribution in [0.25, 0.3) is 6.08 Å². The first-order valence-electron chi connectivity index (χ1n) is 6.94. The van der Waals surface area contributed by atoms with E-state index >= 15 is 0 Å². The molecular formula is C16H15IN2O2S. The number of anilines is 1. The number of furan rings is 1. The molecule has 1 atom stereocenters. The zero-order valence-corrected chi connectivity index (χ0v) is 14.9. The van der Waals surface area contributed by atoms with Crippen molar-refractivity contribution in [1.29, 1.82) is 0 Å². The Hall–Kier alpha value is -1.41. The van der Waals surface area contributed by atoms with E-state index in [0.29, 0.717) is 10.7 Å². The third-order valence-electron chi connectivity index (χ3n) is 3.26. The number of amides is 1. The lowest BCUT2D eigenvalue weighted by molar-refractivity contribution is -0.116. The van der Waals surface area contributed by atoms with Gasteiger partial charge < -0.3 is 15.1 Å². The molecule has 0 aliphatic carbocycles. The summed E-state index contributed by atoms with van der Waals surface area (Å²) in [4.78, 5) is 12.6. The van der Waals surface area contributed by atoms with Crippen LogP contribution in [0.2, 0.25) is 0 Å². The van der Waals surface area contributed by atoms with Crippen LogP contribution >= 0.6 is 34.4 Å². The van der Waals surface area contributed by atoms with Gasteiger partial charge in [0, 0.05) is 11.8 Å². The van der Waals surface area contributed by atoms with Gasteiger partial charge in [-0.1, -0.05) is 30.8 Å². The third kappa shape index (κ3) is 3.67. The average Bonchev–Trinajstić information content (AvgIpc) is 3.06. The Bertz CT molecular complexity index is 709. The number of carbonyl (C=O) groups is 1. The van der Waals surface area contributed by atoms with Gasteiger partial charge in [0.1, 0.15) is 5.76 Å². The first-order valence-corrected chi connectivity index (χ1v) is 8.90. The molecule has 2 N–H and O–H groups in total. The number of halogens is 1. The van der Waals surface area contributed by atoms with Crippen molar-refractivity contribution in [1.82, 2.24) is 5.32 Å². The Labute approximate surface area is 146 Å². The minimum absolute atomic E-state index is 0.0842. The van der Waals surface area contributed by atoms with Gasteiger partial charge in [-0.05, 0) is 58.8 Å². The van der Waals surface area contributed by atoms with E-state index in [1.54, 1.807) is 6.08 Å². The van der Waals surface area contributed by atoms with Gasteiger partial charge in [-0.25, -0.2) is 0 Å². The van der Waals surface area contributed by atoms with E-state index < -0.39 is 0 Å². The Morgan fingerprint density at radius 2 is 2.09 bits per heavy atom. The standard InChI is InChI=1S/C16H15IN2O2S/c1-2-10-3-5-11(6-4-10)18-16-19-15(20)13(22-16)9-12-7-8-14(17)21-12/h3-9,16,18H,2H2,1H3,(H,19,20)/b13-9-/t16-/m0/s1. The molecule has 1 amide bonds. The van der Waals surface area contributed by atoms with Gasteiger partial charge in [0.05, 0.1) is 4.91 Å². The number of hydrogen-bond donors (Lipinski definition) is 2. The summed E-state index contributed by atoms with van der Waals surface area (Å²) < 4.78 is 6.27. The van der Waals surface area contributed by atoms with Gasteiger partial charge in [-0.15, -0.1) is 0 Å². The van der Waals surface area contributed by atoms with E-state index in [-0.39, 0.29) is 11.4 Å².